The molecule has 9 nitrogen and oxygen atoms in total. The highest BCUT2D eigenvalue weighted by atomic mass is 16.4. The monoisotopic (exact) mass is 357 g/mol. The van der Waals surface area contributed by atoms with Gasteiger partial charge in [-0.15, -0.1) is 5.10 Å². The summed E-state index contributed by atoms with van der Waals surface area (Å²) in [5.41, 5.74) is 1.28. The number of hydrogen-bond acceptors (Lipinski definition) is 5. The summed E-state index contributed by atoms with van der Waals surface area (Å²) in [5, 5.41) is 8.91. The summed E-state index contributed by atoms with van der Waals surface area (Å²) in [6, 6.07) is 6.99. The summed E-state index contributed by atoms with van der Waals surface area (Å²) in [5.74, 6) is -0.170. The van der Waals surface area contributed by atoms with E-state index in [0.717, 1.165) is 5.69 Å². The molecule has 2 aliphatic heterocycles. The second-order valence-corrected chi connectivity index (χ2v) is 6.45. The predicted molar refractivity (Wildman–Crippen MR) is 92.2 cm³/mol. The number of hydrogen-bond donors (Lipinski definition) is 2. The Bertz CT molecular complexity index is 881. The Kier molecular flexibility index (Phi) is 4.19. The number of piperidine rings is 1. The van der Waals surface area contributed by atoms with E-state index in [1.165, 1.54) is 0 Å². The molecule has 0 saturated carbocycles. The van der Waals surface area contributed by atoms with Crippen molar-refractivity contribution >= 4 is 17.6 Å². The van der Waals surface area contributed by atoms with Gasteiger partial charge in [0.25, 0.3) is 5.91 Å². The number of aromatic nitrogens is 2. The fourth-order valence-electron chi connectivity index (χ4n) is 3.45. The second-order valence-electron chi connectivity index (χ2n) is 6.45. The van der Waals surface area contributed by atoms with E-state index in [1.807, 2.05) is 6.07 Å². The molecular weight excluding hydrogens is 338 g/mol. The van der Waals surface area contributed by atoms with Gasteiger partial charge in [0.2, 0.25) is 5.89 Å². The van der Waals surface area contributed by atoms with Crippen LogP contribution in [-0.2, 0) is 0 Å². The van der Waals surface area contributed by atoms with Gasteiger partial charge in [0.15, 0.2) is 0 Å². The van der Waals surface area contributed by atoms with Gasteiger partial charge in [-0.2, -0.15) is 0 Å². The maximum Gasteiger partial charge on any atom is 0.434 e. The van der Waals surface area contributed by atoms with Crippen LogP contribution >= 0.6 is 0 Å². The van der Waals surface area contributed by atoms with Crippen LogP contribution in [-0.4, -0.2) is 53.2 Å². The average Bonchev–Trinajstić information content (AvgIpc) is 3.30. The molecule has 136 valence electrons. The Morgan fingerprint density at radius 2 is 2.00 bits per heavy atom. The highest BCUT2D eigenvalue weighted by molar-refractivity contribution is 5.98. The first-order valence-electron chi connectivity index (χ1n) is 8.62. The molecular formula is C17H19N5O4. The van der Waals surface area contributed by atoms with Crippen LogP contribution in [0.25, 0.3) is 0 Å². The standard InChI is InChI=1S/C17H19N5O4/c23-15(12-2-1-3-13(10-12)22-9-6-18-16(22)24)21-7-4-11(5-8-21)14-19-20-17(25)26-14/h1-3,10-11H,4-9H2,(H,18,24)(H,20,25). The number of benzene rings is 1. The molecule has 2 saturated heterocycles. The number of anilines is 1. The molecule has 9 heteroatoms. The highest BCUT2D eigenvalue weighted by Crippen LogP contribution is 2.27. The fraction of sp³-hybridized carbons (Fsp3) is 0.412. The van der Waals surface area contributed by atoms with Crippen molar-refractivity contribution in [2.75, 3.05) is 31.1 Å². The Morgan fingerprint density at radius 3 is 2.65 bits per heavy atom. The lowest BCUT2D eigenvalue weighted by Gasteiger charge is -2.30. The molecule has 0 spiro atoms. The third kappa shape index (κ3) is 3.07. The smallest absolute Gasteiger partial charge is 0.392 e. The number of likely N-dealkylation sites (tertiary alicyclic amines) is 1. The summed E-state index contributed by atoms with van der Waals surface area (Å²) in [7, 11) is 0. The van der Waals surface area contributed by atoms with E-state index < -0.39 is 5.76 Å². The number of carbonyl (C=O) groups excluding carboxylic acids is 2. The maximum atomic E-state index is 12.8. The van der Waals surface area contributed by atoms with Crippen LogP contribution in [0, 0.1) is 0 Å². The number of urea groups is 1. The lowest BCUT2D eigenvalue weighted by Crippen LogP contribution is -2.38. The number of rotatable bonds is 3. The first-order chi connectivity index (χ1) is 12.6. The van der Waals surface area contributed by atoms with Gasteiger partial charge < -0.3 is 14.6 Å². The van der Waals surface area contributed by atoms with E-state index >= 15 is 0 Å². The largest absolute Gasteiger partial charge is 0.434 e. The molecule has 3 heterocycles. The van der Waals surface area contributed by atoms with Crippen LogP contribution in [0.15, 0.2) is 33.5 Å². The van der Waals surface area contributed by atoms with Crippen molar-refractivity contribution in [3.05, 3.63) is 46.3 Å². The Labute approximate surface area is 149 Å². The van der Waals surface area contributed by atoms with Crippen molar-refractivity contribution in [2.45, 2.75) is 18.8 Å². The minimum Gasteiger partial charge on any atom is -0.392 e. The van der Waals surface area contributed by atoms with E-state index in [0.29, 0.717) is 50.5 Å². The third-order valence-corrected chi connectivity index (χ3v) is 4.85. The normalized spacial score (nSPS) is 18.2. The number of H-pyrrole nitrogens is 1. The molecule has 4 rings (SSSR count). The van der Waals surface area contributed by atoms with E-state index in [4.69, 9.17) is 4.42 Å². The molecule has 3 amide bonds. The summed E-state index contributed by atoms with van der Waals surface area (Å²) in [4.78, 5) is 39.1. The van der Waals surface area contributed by atoms with Gasteiger partial charge in [-0.1, -0.05) is 6.07 Å². The van der Waals surface area contributed by atoms with Crippen LogP contribution in [0.4, 0.5) is 10.5 Å². The zero-order valence-electron chi connectivity index (χ0n) is 14.1. The molecule has 1 aromatic heterocycles. The van der Waals surface area contributed by atoms with Crippen LogP contribution in [0.2, 0.25) is 0 Å². The van der Waals surface area contributed by atoms with Crippen molar-refractivity contribution in [2.24, 2.45) is 0 Å². The van der Waals surface area contributed by atoms with Crippen LogP contribution < -0.4 is 16.0 Å². The first kappa shape index (κ1) is 16.4. The van der Waals surface area contributed by atoms with Gasteiger partial charge in [0.1, 0.15) is 0 Å². The number of nitrogens with zero attached hydrogens (tertiary/aromatic N) is 3. The van der Waals surface area contributed by atoms with E-state index in [2.05, 4.69) is 15.5 Å². The van der Waals surface area contributed by atoms with Crippen molar-refractivity contribution in [1.82, 2.24) is 20.4 Å². The van der Waals surface area contributed by atoms with Gasteiger partial charge in [0.05, 0.1) is 0 Å². The van der Waals surface area contributed by atoms with Gasteiger partial charge >= 0.3 is 11.8 Å². The molecule has 0 radical (unpaired) electrons. The molecule has 26 heavy (non-hydrogen) atoms. The molecule has 2 aromatic rings. The maximum absolute atomic E-state index is 12.8. The lowest BCUT2D eigenvalue weighted by molar-refractivity contribution is 0.0706. The molecule has 2 N–H and O–H groups in total. The van der Waals surface area contributed by atoms with Crippen molar-refractivity contribution < 1.29 is 14.0 Å². The zero-order valence-corrected chi connectivity index (χ0v) is 14.1. The minimum atomic E-state index is -0.554. The molecule has 1 aromatic carbocycles. The average molecular weight is 357 g/mol. The first-order valence-corrected chi connectivity index (χ1v) is 8.62. The van der Waals surface area contributed by atoms with Crippen molar-refractivity contribution in [3.63, 3.8) is 0 Å². The summed E-state index contributed by atoms with van der Waals surface area (Å²) >= 11 is 0. The third-order valence-electron chi connectivity index (χ3n) is 4.85. The number of nitrogens with one attached hydrogen (secondary N) is 2. The quantitative estimate of drug-likeness (QED) is 0.848. The summed E-state index contributed by atoms with van der Waals surface area (Å²) in [6.45, 7) is 2.33. The van der Waals surface area contributed by atoms with Crippen LogP contribution in [0.3, 0.4) is 0 Å². The molecule has 2 fully saturated rings. The number of carbonyl (C=O) groups is 2. The zero-order chi connectivity index (χ0) is 18.1. The van der Waals surface area contributed by atoms with Gasteiger partial charge in [-0.05, 0) is 31.0 Å². The number of amides is 3. The summed E-state index contributed by atoms with van der Waals surface area (Å²) < 4.78 is 5.02. The van der Waals surface area contributed by atoms with Gasteiger partial charge in [-0.3, -0.25) is 9.69 Å². The Hall–Kier alpha value is -3.10. The number of aromatic amines is 1. The van der Waals surface area contributed by atoms with E-state index in [-0.39, 0.29) is 17.9 Å². The predicted octanol–water partition coefficient (Wildman–Crippen LogP) is 0.912. The van der Waals surface area contributed by atoms with E-state index in [9.17, 15) is 14.4 Å². The Balaban J connectivity index is 1.44. The topological polar surface area (TPSA) is 112 Å². The molecule has 0 unspecified atom stereocenters. The van der Waals surface area contributed by atoms with Gasteiger partial charge in [0, 0.05) is 43.3 Å². The van der Waals surface area contributed by atoms with Crippen molar-refractivity contribution in [1.29, 1.82) is 0 Å². The fourth-order valence-corrected chi connectivity index (χ4v) is 3.45. The minimum absolute atomic E-state index is 0.0395. The molecule has 0 atom stereocenters. The molecule has 0 bridgehead atoms. The lowest BCUT2D eigenvalue weighted by atomic mass is 9.96. The SMILES string of the molecule is O=C(c1cccc(N2CCNC2=O)c1)N1CCC(c2n[nH]c(=O)o2)CC1. The molecule has 2 aliphatic rings. The van der Waals surface area contributed by atoms with E-state index in [1.54, 1.807) is 28.0 Å². The van der Waals surface area contributed by atoms with Gasteiger partial charge in [-0.25, -0.2) is 14.7 Å². The van der Waals surface area contributed by atoms with Crippen LogP contribution in [0.1, 0.15) is 35.0 Å². The highest BCUT2D eigenvalue weighted by Gasteiger charge is 2.28. The Morgan fingerprint density at radius 1 is 1.19 bits per heavy atom. The van der Waals surface area contributed by atoms with Crippen LogP contribution in [0.5, 0.6) is 0 Å². The molecule has 0 aliphatic carbocycles. The summed E-state index contributed by atoms with van der Waals surface area (Å²) in [6.07, 6.45) is 1.38. The van der Waals surface area contributed by atoms with Crippen molar-refractivity contribution in [3.8, 4) is 0 Å². The second kappa shape index (κ2) is 6.66.